The molecule has 2 aromatic rings. The number of likely N-dealkylation sites (tertiary alicyclic amines) is 1. The number of nitrogens with one attached hydrogen (secondary N) is 1. The zero-order chi connectivity index (χ0) is 23.0. The van der Waals surface area contributed by atoms with Crippen molar-refractivity contribution in [2.24, 2.45) is 5.41 Å². The van der Waals surface area contributed by atoms with Gasteiger partial charge in [0.15, 0.2) is 5.78 Å². The molecule has 172 valence electrons. The van der Waals surface area contributed by atoms with Gasteiger partial charge in [-0.1, -0.05) is 56.3 Å². The largest absolute Gasteiger partial charge is 0.357 e. The first-order valence-corrected chi connectivity index (χ1v) is 12.1. The molecule has 3 aliphatic rings. The summed E-state index contributed by atoms with van der Waals surface area (Å²) in [6.07, 6.45) is 4.64. The van der Waals surface area contributed by atoms with Crippen LogP contribution in [0.3, 0.4) is 0 Å². The standard InChI is InChI=1S/C28H33N3O2/c1-28(2)17-22-26(24(32)18-28)27(20-11-5-3-6-12-20)31(23-14-8-7-13-21(23)29-22)19-25(33)30-15-9-4-10-16-30/h3,5-8,11-14,27,29H,4,9-10,15-19H2,1-2H3/t27-/m0/s1. The van der Waals surface area contributed by atoms with Gasteiger partial charge in [0.2, 0.25) is 5.91 Å². The molecule has 2 aromatic carbocycles. The average Bonchev–Trinajstić information content (AvgIpc) is 2.94. The highest BCUT2D eigenvalue weighted by Gasteiger charge is 2.42. The molecule has 1 amide bonds. The summed E-state index contributed by atoms with van der Waals surface area (Å²) >= 11 is 0. The third-order valence-electron chi connectivity index (χ3n) is 7.13. The van der Waals surface area contributed by atoms with Crippen LogP contribution in [-0.2, 0) is 9.59 Å². The van der Waals surface area contributed by atoms with Crippen LogP contribution in [0.4, 0.5) is 11.4 Å². The number of piperidine rings is 1. The number of hydrogen-bond acceptors (Lipinski definition) is 4. The van der Waals surface area contributed by atoms with E-state index in [-0.39, 0.29) is 29.7 Å². The molecule has 0 spiro atoms. The summed E-state index contributed by atoms with van der Waals surface area (Å²) in [6.45, 7) is 6.21. The molecular formula is C28H33N3O2. The number of Topliss-reactive ketones (excluding diaryl/α,β-unsaturated/α-hetero) is 1. The normalized spacial score (nSPS) is 22.2. The van der Waals surface area contributed by atoms with Crippen molar-refractivity contribution in [1.82, 2.24) is 4.90 Å². The highest BCUT2D eigenvalue weighted by molar-refractivity contribution is 6.01. The number of carbonyl (C=O) groups is 2. The molecule has 2 heterocycles. The Balaban J connectivity index is 1.65. The number of benzene rings is 2. The summed E-state index contributed by atoms with van der Waals surface area (Å²) in [7, 11) is 0. The predicted molar refractivity (Wildman–Crippen MR) is 132 cm³/mol. The number of hydrogen-bond donors (Lipinski definition) is 1. The van der Waals surface area contributed by atoms with Crippen LogP contribution in [0.1, 0.15) is 57.6 Å². The lowest BCUT2D eigenvalue weighted by Gasteiger charge is -2.39. The molecule has 0 saturated carbocycles. The molecule has 0 bridgehead atoms. The first-order valence-electron chi connectivity index (χ1n) is 12.1. The lowest BCUT2D eigenvalue weighted by molar-refractivity contribution is -0.130. The molecule has 2 aliphatic heterocycles. The fourth-order valence-electron chi connectivity index (χ4n) is 5.60. The number of fused-ring (bicyclic) bond motifs is 1. The zero-order valence-electron chi connectivity index (χ0n) is 19.6. The number of rotatable bonds is 3. The maximum absolute atomic E-state index is 13.6. The molecular weight excluding hydrogens is 410 g/mol. The Labute approximate surface area is 196 Å². The van der Waals surface area contributed by atoms with Crippen molar-refractivity contribution in [2.45, 2.75) is 52.0 Å². The number of allylic oxidation sites excluding steroid dienone is 1. The smallest absolute Gasteiger partial charge is 0.242 e. The highest BCUT2D eigenvalue weighted by atomic mass is 16.2. The van der Waals surface area contributed by atoms with Gasteiger partial charge in [0.05, 0.1) is 24.0 Å². The number of amides is 1. The van der Waals surface area contributed by atoms with Gasteiger partial charge in [-0.25, -0.2) is 0 Å². The van der Waals surface area contributed by atoms with E-state index in [9.17, 15) is 9.59 Å². The lowest BCUT2D eigenvalue weighted by atomic mass is 9.73. The quantitative estimate of drug-likeness (QED) is 0.698. The Hall–Kier alpha value is -3.08. The van der Waals surface area contributed by atoms with Crippen LogP contribution in [0.2, 0.25) is 0 Å². The third-order valence-corrected chi connectivity index (χ3v) is 7.13. The molecule has 5 rings (SSSR count). The summed E-state index contributed by atoms with van der Waals surface area (Å²) in [5.74, 6) is 0.309. The van der Waals surface area contributed by atoms with Crippen molar-refractivity contribution in [3.63, 3.8) is 0 Å². The maximum atomic E-state index is 13.6. The molecule has 5 nitrogen and oxygen atoms in total. The van der Waals surface area contributed by atoms with E-state index in [1.165, 1.54) is 6.42 Å². The molecule has 0 unspecified atom stereocenters. The molecule has 1 fully saturated rings. The van der Waals surface area contributed by atoms with E-state index in [4.69, 9.17) is 0 Å². The van der Waals surface area contributed by atoms with Crippen LogP contribution in [-0.4, -0.2) is 36.2 Å². The van der Waals surface area contributed by atoms with E-state index >= 15 is 0 Å². The number of carbonyl (C=O) groups excluding carboxylic acids is 2. The molecule has 1 saturated heterocycles. The molecule has 33 heavy (non-hydrogen) atoms. The monoisotopic (exact) mass is 443 g/mol. The minimum absolute atomic E-state index is 0.0993. The van der Waals surface area contributed by atoms with Crippen LogP contribution in [0.15, 0.2) is 65.9 Å². The van der Waals surface area contributed by atoms with Gasteiger partial charge in [0.1, 0.15) is 0 Å². The van der Waals surface area contributed by atoms with Gasteiger partial charge in [-0.05, 0) is 48.8 Å². The minimum Gasteiger partial charge on any atom is -0.357 e. The molecule has 0 radical (unpaired) electrons. The number of ketones is 1. The van der Waals surface area contributed by atoms with Crippen molar-refractivity contribution < 1.29 is 9.59 Å². The molecule has 1 aliphatic carbocycles. The van der Waals surface area contributed by atoms with E-state index in [1.807, 2.05) is 35.2 Å². The fraction of sp³-hybridized carbons (Fsp3) is 0.429. The molecule has 1 atom stereocenters. The van der Waals surface area contributed by atoms with Crippen LogP contribution in [0.25, 0.3) is 0 Å². The fourth-order valence-corrected chi connectivity index (χ4v) is 5.60. The Morgan fingerprint density at radius 1 is 0.970 bits per heavy atom. The van der Waals surface area contributed by atoms with Gasteiger partial charge in [0, 0.05) is 30.8 Å². The number of anilines is 2. The molecule has 5 heteroatoms. The minimum atomic E-state index is -0.297. The first-order chi connectivity index (χ1) is 15.9. The van der Waals surface area contributed by atoms with E-state index < -0.39 is 0 Å². The summed E-state index contributed by atoms with van der Waals surface area (Å²) in [4.78, 5) is 31.3. The van der Waals surface area contributed by atoms with Crippen molar-refractivity contribution in [1.29, 1.82) is 0 Å². The van der Waals surface area contributed by atoms with Gasteiger partial charge in [-0.2, -0.15) is 0 Å². The van der Waals surface area contributed by atoms with Crippen molar-refractivity contribution in [3.05, 3.63) is 71.4 Å². The van der Waals surface area contributed by atoms with Crippen molar-refractivity contribution in [3.8, 4) is 0 Å². The van der Waals surface area contributed by atoms with Crippen LogP contribution in [0, 0.1) is 5.41 Å². The van der Waals surface area contributed by atoms with Gasteiger partial charge >= 0.3 is 0 Å². The van der Waals surface area contributed by atoms with Crippen LogP contribution < -0.4 is 10.2 Å². The second kappa shape index (κ2) is 8.69. The SMILES string of the molecule is CC1(C)CC(=O)C2=C(C1)Nc1ccccc1N(CC(=O)N1CCCCC1)[C@H]2c1ccccc1. The Bertz CT molecular complexity index is 1080. The van der Waals surface area contributed by atoms with Crippen LogP contribution >= 0.6 is 0 Å². The number of nitrogens with zero attached hydrogens (tertiary/aromatic N) is 2. The van der Waals surface area contributed by atoms with Gasteiger partial charge in [-0.15, -0.1) is 0 Å². The van der Waals surface area contributed by atoms with E-state index in [2.05, 4.69) is 48.3 Å². The van der Waals surface area contributed by atoms with Gasteiger partial charge in [-0.3, -0.25) is 9.59 Å². The summed E-state index contributed by atoms with van der Waals surface area (Å²) in [6, 6.07) is 18.0. The lowest BCUT2D eigenvalue weighted by Crippen LogP contribution is -2.45. The van der Waals surface area contributed by atoms with E-state index in [0.29, 0.717) is 6.42 Å². The zero-order valence-corrected chi connectivity index (χ0v) is 19.6. The van der Waals surface area contributed by atoms with Gasteiger partial charge in [0.25, 0.3) is 0 Å². The highest BCUT2D eigenvalue weighted by Crippen LogP contribution is 2.48. The summed E-state index contributed by atoms with van der Waals surface area (Å²) < 4.78 is 0. The van der Waals surface area contributed by atoms with Crippen LogP contribution in [0.5, 0.6) is 0 Å². The predicted octanol–water partition coefficient (Wildman–Crippen LogP) is 5.32. The Kier molecular flexibility index (Phi) is 5.73. The second-order valence-electron chi connectivity index (χ2n) is 10.4. The molecule has 0 aromatic heterocycles. The van der Waals surface area contributed by atoms with Gasteiger partial charge < -0.3 is 15.1 Å². The third kappa shape index (κ3) is 4.29. The van der Waals surface area contributed by atoms with Crippen molar-refractivity contribution >= 4 is 23.1 Å². The van der Waals surface area contributed by atoms with Crippen molar-refractivity contribution in [2.75, 3.05) is 29.9 Å². The summed E-state index contributed by atoms with van der Waals surface area (Å²) in [5, 5.41) is 3.62. The topological polar surface area (TPSA) is 52.7 Å². The Morgan fingerprint density at radius 3 is 2.42 bits per heavy atom. The van der Waals surface area contributed by atoms with E-state index in [0.717, 1.165) is 60.6 Å². The summed E-state index contributed by atoms with van der Waals surface area (Å²) in [5.41, 5.74) is 4.67. The second-order valence-corrected chi connectivity index (χ2v) is 10.4. The Morgan fingerprint density at radius 2 is 1.67 bits per heavy atom. The van der Waals surface area contributed by atoms with E-state index in [1.54, 1.807) is 0 Å². The number of para-hydroxylation sites is 2. The average molecular weight is 444 g/mol. The maximum Gasteiger partial charge on any atom is 0.242 e. The molecule has 1 N–H and O–H groups in total. The first kappa shape index (κ1) is 21.7.